The Hall–Kier alpha value is -3.60. The first-order valence-electron chi connectivity index (χ1n) is 12.7. The SMILES string of the molecule is Cc1ccc(OCCCC(=O)N(Cc2ccccc2C)[C@H](Cc2ccccc2)C(=O)NC(C)C)cc1. The molecule has 0 aliphatic carbocycles. The minimum Gasteiger partial charge on any atom is -0.494 e. The lowest BCUT2D eigenvalue weighted by atomic mass is 10.0. The number of ether oxygens (including phenoxy) is 1. The van der Waals surface area contributed by atoms with Crippen molar-refractivity contribution in [2.75, 3.05) is 6.61 Å². The Kier molecular flexibility index (Phi) is 10.1. The van der Waals surface area contributed by atoms with Crippen LogP contribution in [0.3, 0.4) is 0 Å². The molecule has 0 bridgehead atoms. The number of carbonyl (C=O) groups excluding carboxylic acids is 2. The van der Waals surface area contributed by atoms with Crippen molar-refractivity contribution < 1.29 is 14.3 Å². The smallest absolute Gasteiger partial charge is 0.243 e. The number of aryl methyl sites for hydroxylation is 2. The second kappa shape index (κ2) is 13.5. The van der Waals surface area contributed by atoms with Gasteiger partial charge in [0.15, 0.2) is 0 Å². The van der Waals surface area contributed by atoms with Gasteiger partial charge >= 0.3 is 0 Å². The maximum absolute atomic E-state index is 13.6. The Labute approximate surface area is 215 Å². The molecule has 0 heterocycles. The fourth-order valence-electron chi connectivity index (χ4n) is 4.10. The fourth-order valence-corrected chi connectivity index (χ4v) is 4.10. The molecule has 3 aromatic rings. The van der Waals surface area contributed by atoms with Crippen molar-refractivity contribution in [3.63, 3.8) is 0 Å². The summed E-state index contributed by atoms with van der Waals surface area (Å²) in [5.74, 6) is 0.611. The van der Waals surface area contributed by atoms with Gasteiger partial charge in [0.2, 0.25) is 11.8 Å². The van der Waals surface area contributed by atoms with Crippen LogP contribution in [-0.2, 0) is 22.6 Å². The van der Waals surface area contributed by atoms with E-state index in [1.54, 1.807) is 4.90 Å². The number of carbonyl (C=O) groups is 2. The van der Waals surface area contributed by atoms with Gasteiger partial charge in [0.25, 0.3) is 0 Å². The Morgan fingerprint density at radius 1 is 0.889 bits per heavy atom. The first kappa shape index (κ1) is 27.0. The van der Waals surface area contributed by atoms with Crippen molar-refractivity contribution in [3.05, 3.63) is 101 Å². The molecule has 5 nitrogen and oxygen atoms in total. The second-order valence-electron chi connectivity index (χ2n) is 9.58. The van der Waals surface area contributed by atoms with Gasteiger partial charge < -0.3 is 15.0 Å². The van der Waals surface area contributed by atoms with E-state index < -0.39 is 6.04 Å². The predicted octanol–water partition coefficient (Wildman–Crippen LogP) is 5.63. The molecular formula is C31H38N2O3. The van der Waals surface area contributed by atoms with Gasteiger partial charge in [-0.2, -0.15) is 0 Å². The van der Waals surface area contributed by atoms with Gasteiger partial charge in [-0.1, -0.05) is 72.3 Å². The van der Waals surface area contributed by atoms with Crippen molar-refractivity contribution in [2.45, 2.75) is 65.6 Å². The number of hydrogen-bond donors (Lipinski definition) is 1. The van der Waals surface area contributed by atoms with Crippen LogP contribution >= 0.6 is 0 Å². The summed E-state index contributed by atoms with van der Waals surface area (Å²) < 4.78 is 5.83. The third-order valence-corrected chi connectivity index (χ3v) is 6.13. The highest BCUT2D eigenvalue weighted by Gasteiger charge is 2.30. The highest BCUT2D eigenvalue weighted by molar-refractivity contribution is 5.88. The van der Waals surface area contributed by atoms with Crippen molar-refractivity contribution in [1.29, 1.82) is 0 Å². The van der Waals surface area contributed by atoms with Crippen molar-refractivity contribution in [2.24, 2.45) is 0 Å². The average Bonchev–Trinajstić information content (AvgIpc) is 2.86. The quantitative estimate of drug-likeness (QED) is 0.338. The molecule has 0 radical (unpaired) electrons. The molecule has 0 unspecified atom stereocenters. The zero-order valence-corrected chi connectivity index (χ0v) is 21.9. The van der Waals surface area contributed by atoms with Crippen LogP contribution in [0.5, 0.6) is 5.75 Å². The highest BCUT2D eigenvalue weighted by atomic mass is 16.5. The van der Waals surface area contributed by atoms with Crippen LogP contribution in [0, 0.1) is 13.8 Å². The van der Waals surface area contributed by atoms with Crippen LogP contribution in [0.2, 0.25) is 0 Å². The Morgan fingerprint density at radius 2 is 1.56 bits per heavy atom. The minimum absolute atomic E-state index is 0.0194. The number of nitrogens with one attached hydrogen (secondary N) is 1. The monoisotopic (exact) mass is 486 g/mol. The van der Waals surface area contributed by atoms with Gasteiger partial charge in [-0.3, -0.25) is 9.59 Å². The van der Waals surface area contributed by atoms with Crippen molar-refractivity contribution in [1.82, 2.24) is 10.2 Å². The highest BCUT2D eigenvalue weighted by Crippen LogP contribution is 2.19. The standard InChI is InChI=1S/C31H38N2O3/c1-23(2)32-31(35)29(21-26-12-6-5-7-13-26)33(22-27-14-9-8-11-25(27)4)30(34)15-10-20-36-28-18-16-24(3)17-19-28/h5-9,11-14,16-19,23,29H,10,15,20-22H2,1-4H3,(H,32,35)/t29-/m1/s1. The van der Waals surface area contributed by atoms with Crippen molar-refractivity contribution >= 4 is 11.8 Å². The van der Waals surface area contributed by atoms with E-state index in [2.05, 4.69) is 5.32 Å². The molecule has 0 saturated heterocycles. The summed E-state index contributed by atoms with van der Waals surface area (Å²) in [7, 11) is 0. The van der Waals surface area contributed by atoms with Crippen LogP contribution in [0.25, 0.3) is 0 Å². The second-order valence-corrected chi connectivity index (χ2v) is 9.58. The molecule has 0 fully saturated rings. The Balaban J connectivity index is 1.79. The van der Waals surface area contributed by atoms with Gasteiger partial charge in [-0.15, -0.1) is 0 Å². The van der Waals surface area contributed by atoms with Gasteiger partial charge in [0.05, 0.1) is 6.61 Å². The lowest BCUT2D eigenvalue weighted by Gasteiger charge is -2.32. The molecule has 5 heteroatoms. The predicted molar refractivity (Wildman–Crippen MR) is 145 cm³/mol. The Bertz CT molecular complexity index is 1110. The molecule has 1 N–H and O–H groups in total. The minimum atomic E-state index is -0.611. The zero-order chi connectivity index (χ0) is 25.9. The van der Waals surface area contributed by atoms with Crippen LogP contribution in [-0.4, -0.2) is 35.4 Å². The number of hydrogen-bond acceptors (Lipinski definition) is 3. The van der Waals surface area contributed by atoms with Crippen LogP contribution in [0.15, 0.2) is 78.9 Å². The largest absolute Gasteiger partial charge is 0.494 e. The third kappa shape index (κ3) is 8.26. The molecule has 0 aromatic heterocycles. The number of benzene rings is 3. The molecule has 0 saturated carbocycles. The summed E-state index contributed by atoms with van der Waals surface area (Å²) >= 11 is 0. The molecule has 1 atom stereocenters. The van der Waals surface area contributed by atoms with Crippen LogP contribution in [0.4, 0.5) is 0 Å². The summed E-state index contributed by atoms with van der Waals surface area (Å²) in [6.07, 6.45) is 1.33. The van der Waals surface area contributed by atoms with Gasteiger partial charge in [0, 0.05) is 25.4 Å². The van der Waals surface area contributed by atoms with E-state index in [4.69, 9.17) is 4.74 Å². The first-order chi connectivity index (χ1) is 17.3. The van der Waals surface area contributed by atoms with Gasteiger partial charge in [0.1, 0.15) is 11.8 Å². The van der Waals surface area contributed by atoms with Crippen LogP contribution < -0.4 is 10.1 Å². The Morgan fingerprint density at radius 3 is 2.22 bits per heavy atom. The molecular weight excluding hydrogens is 448 g/mol. The van der Waals surface area contributed by atoms with E-state index in [1.807, 2.05) is 107 Å². The summed E-state index contributed by atoms with van der Waals surface area (Å²) in [5, 5.41) is 3.03. The lowest BCUT2D eigenvalue weighted by molar-refractivity contribution is -0.141. The lowest BCUT2D eigenvalue weighted by Crippen LogP contribution is -2.51. The fraction of sp³-hybridized carbons (Fsp3) is 0.355. The van der Waals surface area contributed by atoms with E-state index in [-0.39, 0.29) is 17.9 Å². The molecule has 0 aliphatic rings. The van der Waals surface area contributed by atoms with Crippen molar-refractivity contribution in [3.8, 4) is 5.75 Å². The van der Waals surface area contributed by atoms with E-state index in [1.165, 1.54) is 5.56 Å². The molecule has 3 rings (SSSR count). The van der Waals surface area contributed by atoms with E-state index in [0.29, 0.717) is 32.4 Å². The third-order valence-electron chi connectivity index (χ3n) is 6.13. The molecule has 190 valence electrons. The molecule has 0 aliphatic heterocycles. The van der Waals surface area contributed by atoms with E-state index >= 15 is 0 Å². The maximum atomic E-state index is 13.6. The zero-order valence-electron chi connectivity index (χ0n) is 21.9. The van der Waals surface area contributed by atoms with E-state index in [9.17, 15) is 9.59 Å². The normalized spacial score (nSPS) is 11.7. The topological polar surface area (TPSA) is 58.6 Å². The summed E-state index contributed by atoms with van der Waals surface area (Å²) in [6, 6.07) is 25.2. The van der Waals surface area contributed by atoms with Gasteiger partial charge in [-0.25, -0.2) is 0 Å². The van der Waals surface area contributed by atoms with E-state index in [0.717, 1.165) is 22.4 Å². The van der Waals surface area contributed by atoms with Gasteiger partial charge in [-0.05, 0) is 62.9 Å². The summed E-state index contributed by atoms with van der Waals surface area (Å²) in [5.41, 5.74) is 4.33. The number of amides is 2. The maximum Gasteiger partial charge on any atom is 0.243 e. The molecule has 0 spiro atoms. The van der Waals surface area contributed by atoms with Crippen LogP contribution in [0.1, 0.15) is 48.9 Å². The average molecular weight is 487 g/mol. The molecule has 2 amide bonds. The molecule has 36 heavy (non-hydrogen) atoms. The molecule has 3 aromatic carbocycles. The first-order valence-corrected chi connectivity index (χ1v) is 12.7. The number of nitrogens with zero attached hydrogens (tertiary/aromatic N) is 1. The summed E-state index contributed by atoms with van der Waals surface area (Å²) in [4.78, 5) is 28.8. The summed E-state index contributed by atoms with van der Waals surface area (Å²) in [6.45, 7) is 8.77. The number of rotatable bonds is 12.